The summed E-state index contributed by atoms with van der Waals surface area (Å²) in [6.07, 6.45) is -0.858. The number of carbonyl (C=O) groups excluding carboxylic acids is 2. The molecule has 1 fully saturated rings. The average Bonchev–Trinajstić information content (AvgIpc) is 3.08. The van der Waals surface area contributed by atoms with Crippen molar-refractivity contribution < 1.29 is 27.5 Å². The molecular formula is C25H21F3N2O3. The van der Waals surface area contributed by atoms with Crippen LogP contribution in [0, 0.1) is 17.5 Å². The molecule has 1 unspecified atom stereocenters. The van der Waals surface area contributed by atoms with Gasteiger partial charge in [-0.25, -0.2) is 18.0 Å². The van der Waals surface area contributed by atoms with Crippen LogP contribution in [0.1, 0.15) is 29.7 Å². The first kappa shape index (κ1) is 22.4. The van der Waals surface area contributed by atoms with Crippen molar-refractivity contribution in [3.63, 3.8) is 0 Å². The number of carbonyl (C=O) groups is 2. The lowest BCUT2D eigenvalue weighted by Crippen LogP contribution is -2.42. The molecule has 1 aliphatic rings. The van der Waals surface area contributed by atoms with E-state index in [2.05, 4.69) is 5.32 Å². The monoisotopic (exact) mass is 454 g/mol. The summed E-state index contributed by atoms with van der Waals surface area (Å²) in [6, 6.07) is 15.2. The number of amides is 2. The molecule has 8 heteroatoms. The third kappa shape index (κ3) is 4.04. The van der Waals surface area contributed by atoms with Crippen molar-refractivity contribution in [2.75, 3.05) is 13.1 Å². The van der Waals surface area contributed by atoms with Gasteiger partial charge in [-0.3, -0.25) is 9.69 Å². The molecule has 1 aliphatic heterocycles. The first-order valence-corrected chi connectivity index (χ1v) is 10.4. The summed E-state index contributed by atoms with van der Waals surface area (Å²) < 4.78 is 48.6. The van der Waals surface area contributed by atoms with E-state index in [1.54, 1.807) is 13.0 Å². The molecule has 1 heterocycles. The van der Waals surface area contributed by atoms with Gasteiger partial charge in [-0.1, -0.05) is 42.5 Å². The highest BCUT2D eigenvalue weighted by Crippen LogP contribution is 2.52. The van der Waals surface area contributed by atoms with Gasteiger partial charge in [0, 0.05) is 23.2 Å². The van der Waals surface area contributed by atoms with Gasteiger partial charge in [0.25, 0.3) is 0 Å². The molecule has 4 rings (SSSR count). The molecule has 0 aliphatic carbocycles. The van der Waals surface area contributed by atoms with E-state index >= 15 is 4.39 Å². The molecule has 170 valence electrons. The summed E-state index contributed by atoms with van der Waals surface area (Å²) in [5, 5.41) is 2.62. The van der Waals surface area contributed by atoms with Crippen molar-refractivity contribution in [3.05, 3.63) is 107 Å². The Morgan fingerprint density at radius 2 is 1.48 bits per heavy atom. The third-order valence-electron chi connectivity index (χ3n) is 5.61. The van der Waals surface area contributed by atoms with E-state index in [9.17, 15) is 18.4 Å². The van der Waals surface area contributed by atoms with Gasteiger partial charge in [0.1, 0.15) is 30.0 Å². The zero-order valence-electron chi connectivity index (χ0n) is 17.7. The van der Waals surface area contributed by atoms with Crippen LogP contribution in [-0.2, 0) is 15.1 Å². The van der Waals surface area contributed by atoms with Crippen molar-refractivity contribution in [1.29, 1.82) is 0 Å². The number of nitrogens with zero attached hydrogens (tertiary/aromatic N) is 1. The summed E-state index contributed by atoms with van der Waals surface area (Å²) in [5.74, 6) is -2.10. The average molecular weight is 454 g/mol. The fourth-order valence-electron chi connectivity index (χ4n) is 4.22. The highest BCUT2D eigenvalue weighted by atomic mass is 19.1. The summed E-state index contributed by atoms with van der Waals surface area (Å²) in [4.78, 5) is 26.7. The second-order valence-electron chi connectivity index (χ2n) is 7.62. The first-order chi connectivity index (χ1) is 15.9. The van der Waals surface area contributed by atoms with Gasteiger partial charge in [-0.15, -0.1) is 0 Å². The van der Waals surface area contributed by atoms with Crippen molar-refractivity contribution in [1.82, 2.24) is 10.2 Å². The van der Waals surface area contributed by atoms with Crippen molar-refractivity contribution >= 4 is 12.0 Å². The Bertz CT molecular complexity index is 1120. The molecule has 1 atom stereocenters. The summed E-state index contributed by atoms with van der Waals surface area (Å²) in [5.41, 5.74) is -0.889. The minimum Gasteiger partial charge on any atom is -0.430 e. The quantitative estimate of drug-likeness (QED) is 0.589. The van der Waals surface area contributed by atoms with Crippen LogP contribution in [0.15, 0.2) is 72.8 Å². The lowest BCUT2D eigenvalue weighted by atomic mass is 9.77. The predicted molar refractivity (Wildman–Crippen MR) is 115 cm³/mol. The summed E-state index contributed by atoms with van der Waals surface area (Å²) in [7, 11) is 0. The smallest absolute Gasteiger partial charge is 0.412 e. The maximum atomic E-state index is 15.1. The SMILES string of the molecule is CCNC(=O)CN1C(=O)OC(c2ccc(F)cc2)(c2ccc(F)cc2)C1c1ccccc1F. The van der Waals surface area contributed by atoms with E-state index in [1.807, 2.05) is 0 Å². The molecular weight excluding hydrogens is 433 g/mol. The number of hydrogen-bond acceptors (Lipinski definition) is 3. The van der Waals surface area contributed by atoms with Crippen LogP contribution in [0.3, 0.4) is 0 Å². The maximum Gasteiger partial charge on any atom is 0.412 e. The molecule has 3 aromatic rings. The number of ether oxygens (including phenoxy) is 1. The van der Waals surface area contributed by atoms with Crippen molar-refractivity contribution in [2.24, 2.45) is 0 Å². The molecule has 3 aromatic carbocycles. The van der Waals surface area contributed by atoms with E-state index in [0.717, 1.165) is 4.90 Å². The number of likely N-dealkylation sites (N-methyl/N-ethyl adjacent to an activating group) is 1. The fourth-order valence-corrected chi connectivity index (χ4v) is 4.22. The Morgan fingerprint density at radius 3 is 2.00 bits per heavy atom. The Hall–Kier alpha value is -3.81. The minimum atomic E-state index is -1.67. The third-order valence-corrected chi connectivity index (χ3v) is 5.61. The van der Waals surface area contributed by atoms with Gasteiger partial charge in [-0.2, -0.15) is 0 Å². The van der Waals surface area contributed by atoms with Gasteiger partial charge in [0.2, 0.25) is 5.91 Å². The molecule has 0 bridgehead atoms. The number of halogens is 3. The van der Waals surface area contributed by atoms with Gasteiger partial charge in [-0.05, 0) is 37.3 Å². The van der Waals surface area contributed by atoms with Gasteiger partial charge >= 0.3 is 6.09 Å². The Balaban J connectivity index is 1.99. The van der Waals surface area contributed by atoms with Gasteiger partial charge in [0.15, 0.2) is 5.60 Å². The Labute approximate surface area is 188 Å². The molecule has 0 radical (unpaired) electrons. The number of rotatable bonds is 6. The summed E-state index contributed by atoms with van der Waals surface area (Å²) >= 11 is 0. The molecule has 5 nitrogen and oxygen atoms in total. The Kier molecular flexibility index (Phi) is 6.09. The minimum absolute atomic E-state index is 0.0984. The standard InChI is InChI=1S/C25H21F3N2O3/c1-2-29-22(31)15-30-23(20-5-3-4-6-21(20)28)25(33-24(30)32,16-7-11-18(26)12-8-16)17-9-13-19(27)14-10-17/h3-14,23H,2,15H2,1H3,(H,29,31). The zero-order valence-corrected chi connectivity index (χ0v) is 17.7. The topological polar surface area (TPSA) is 58.6 Å². The second-order valence-corrected chi connectivity index (χ2v) is 7.62. The van der Waals surface area contributed by atoms with E-state index < -0.39 is 47.6 Å². The number of cyclic esters (lactones) is 1. The molecule has 1 N–H and O–H groups in total. The lowest BCUT2D eigenvalue weighted by molar-refractivity contribution is -0.121. The van der Waals surface area contributed by atoms with E-state index in [0.29, 0.717) is 17.7 Å². The highest BCUT2D eigenvalue weighted by Gasteiger charge is 2.58. The molecule has 0 saturated carbocycles. The van der Waals surface area contributed by atoms with Crippen LogP contribution in [0.25, 0.3) is 0 Å². The van der Waals surface area contributed by atoms with Crippen molar-refractivity contribution in [2.45, 2.75) is 18.6 Å². The largest absolute Gasteiger partial charge is 0.430 e. The van der Waals surface area contributed by atoms with Crippen LogP contribution in [0.2, 0.25) is 0 Å². The number of hydrogen-bond donors (Lipinski definition) is 1. The molecule has 33 heavy (non-hydrogen) atoms. The Morgan fingerprint density at radius 1 is 0.939 bits per heavy atom. The van der Waals surface area contributed by atoms with Gasteiger partial charge in [0.05, 0.1) is 0 Å². The zero-order chi connectivity index (χ0) is 23.6. The van der Waals surface area contributed by atoms with Crippen LogP contribution >= 0.6 is 0 Å². The number of benzene rings is 3. The highest BCUT2D eigenvalue weighted by molar-refractivity contribution is 5.84. The van der Waals surface area contributed by atoms with Crippen LogP contribution in [0.5, 0.6) is 0 Å². The fraction of sp³-hybridized carbons (Fsp3) is 0.200. The van der Waals surface area contributed by atoms with Crippen molar-refractivity contribution in [3.8, 4) is 0 Å². The molecule has 0 spiro atoms. The lowest BCUT2D eigenvalue weighted by Gasteiger charge is -2.36. The second kappa shape index (κ2) is 8.97. The first-order valence-electron chi connectivity index (χ1n) is 10.4. The van der Waals surface area contributed by atoms with Crippen LogP contribution in [0.4, 0.5) is 18.0 Å². The summed E-state index contributed by atoms with van der Waals surface area (Å²) in [6.45, 7) is 1.68. The number of nitrogens with one attached hydrogen (secondary N) is 1. The molecule has 1 saturated heterocycles. The van der Waals surface area contributed by atoms with E-state index in [4.69, 9.17) is 4.74 Å². The van der Waals surface area contributed by atoms with Crippen LogP contribution in [-0.4, -0.2) is 30.0 Å². The molecule has 0 aromatic heterocycles. The van der Waals surface area contributed by atoms with Crippen LogP contribution < -0.4 is 5.32 Å². The molecule has 2 amide bonds. The van der Waals surface area contributed by atoms with Gasteiger partial charge < -0.3 is 10.1 Å². The van der Waals surface area contributed by atoms with E-state index in [1.165, 1.54) is 66.7 Å². The normalized spacial score (nSPS) is 17.0. The van der Waals surface area contributed by atoms with E-state index in [-0.39, 0.29) is 5.56 Å². The maximum absolute atomic E-state index is 15.1. The predicted octanol–water partition coefficient (Wildman–Crippen LogP) is 4.68.